The molecule has 0 aromatic carbocycles. The highest BCUT2D eigenvalue weighted by Crippen LogP contribution is 2.61. The minimum absolute atomic E-state index is 0.0690. The van der Waals surface area contributed by atoms with E-state index >= 15 is 0 Å². The molecule has 3 saturated heterocycles. The molecule has 3 heterocycles. The Bertz CT molecular complexity index is 1210. The van der Waals surface area contributed by atoms with Crippen molar-refractivity contribution in [1.29, 1.82) is 0 Å². The number of ether oxygens (including phenoxy) is 1. The maximum Gasteiger partial charge on any atom is 0.334 e. The van der Waals surface area contributed by atoms with Crippen LogP contribution in [0.1, 0.15) is 77.6 Å². The molecule has 11 nitrogen and oxygen atoms in total. The first-order valence-corrected chi connectivity index (χ1v) is 17.0. The van der Waals surface area contributed by atoms with Crippen molar-refractivity contribution in [3.8, 4) is 0 Å². The number of urea groups is 2. The monoisotopic (exact) mass is 615 g/mol. The Balaban J connectivity index is 1.19. The van der Waals surface area contributed by atoms with E-state index in [-0.39, 0.29) is 40.8 Å². The summed E-state index contributed by atoms with van der Waals surface area (Å²) in [5.41, 5.74) is -0.826. The lowest BCUT2D eigenvalue weighted by atomic mass is 9.51. The molecule has 236 valence electrons. The second-order valence-corrected chi connectivity index (χ2v) is 14.8. The van der Waals surface area contributed by atoms with Gasteiger partial charge in [0.2, 0.25) is 0 Å². The highest BCUT2D eigenvalue weighted by Gasteiger charge is 2.68. The normalized spacial score (nSPS) is 34.8. The molecule has 0 radical (unpaired) electrons. The molecule has 0 aromatic heterocycles. The molecule has 2 spiro atoms. The molecule has 7 amide bonds. The fourth-order valence-corrected chi connectivity index (χ4v) is 9.42. The van der Waals surface area contributed by atoms with Crippen LogP contribution >= 0.6 is 11.8 Å². The predicted octanol–water partition coefficient (Wildman–Crippen LogP) is 3.54. The number of imide groups is 3. The Kier molecular flexibility index (Phi) is 8.29. The van der Waals surface area contributed by atoms with Crippen LogP contribution in [0.3, 0.4) is 0 Å². The van der Waals surface area contributed by atoms with Crippen LogP contribution in [0.4, 0.5) is 9.59 Å². The molecular formula is C31H45N5O6S. The summed E-state index contributed by atoms with van der Waals surface area (Å²) >= 11 is 1.41. The summed E-state index contributed by atoms with van der Waals surface area (Å²) in [6.07, 6.45) is 9.07. The average Bonchev–Trinajstić information content (AvgIpc) is 3.73. The van der Waals surface area contributed by atoms with E-state index in [0.29, 0.717) is 62.8 Å². The van der Waals surface area contributed by atoms with Crippen LogP contribution < -0.4 is 5.32 Å². The van der Waals surface area contributed by atoms with Gasteiger partial charge in [-0.15, -0.1) is 11.8 Å². The summed E-state index contributed by atoms with van der Waals surface area (Å²) in [4.78, 5) is 73.7. The van der Waals surface area contributed by atoms with E-state index in [1.54, 1.807) is 19.0 Å². The van der Waals surface area contributed by atoms with Gasteiger partial charge in [-0.3, -0.25) is 29.1 Å². The van der Waals surface area contributed by atoms with E-state index < -0.39 is 23.4 Å². The van der Waals surface area contributed by atoms with Crippen LogP contribution in [0, 0.1) is 17.3 Å². The fourth-order valence-electron chi connectivity index (χ4n) is 8.67. The number of nitrogens with zero attached hydrogens (tertiary/aromatic N) is 4. The first-order valence-electron chi connectivity index (χ1n) is 16.1. The SMILES string of the molecule is CCS/C(NC)=C1/C(=O)N(CC2CCCC2)C(=O)N(C2CCC3(CC2)CC2(C3)C(=O)N(C)C(=O)N2C[C@@H]2CCOC2)C1=O. The largest absolute Gasteiger partial charge is 0.382 e. The molecule has 6 rings (SSSR count). The molecule has 12 heteroatoms. The number of hydrogen-bond donors (Lipinski definition) is 1. The van der Waals surface area contributed by atoms with Gasteiger partial charge in [0.15, 0.2) is 0 Å². The van der Waals surface area contributed by atoms with Gasteiger partial charge in [0.1, 0.15) is 11.1 Å². The molecule has 3 aliphatic carbocycles. The summed E-state index contributed by atoms with van der Waals surface area (Å²) in [6, 6.07) is -1.02. The maximum absolute atomic E-state index is 13.9. The molecule has 0 bridgehead atoms. The molecule has 6 aliphatic rings. The van der Waals surface area contributed by atoms with Crippen LogP contribution in [0.25, 0.3) is 0 Å². The number of amides is 7. The predicted molar refractivity (Wildman–Crippen MR) is 161 cm³/mol. The Morgan fingerprint density at radius 1 is 0.930 bits per heavy atom. The molecular weight excluding hydrogens is 570 g/mol. The number of nitrogens with one attached hydrogen (secondary N) is 1. The van der Waals surface area contributed by atoms with E-state index in [2.05, 4.69) is 5.32 Å². The Labute approximate surface area is 258 Å². The standard InChI is InChI=1S/C31H45N5O6S/c1-4-43-24(32-2)23-25(37)34(15-20-7-5-6-8-20)29(41)36(26(23)38)22-9-12-30(13-10-22)18-31(19-30)27(39)33(3)28(40)35(31)16-21-11-14-42-17-21/h20-22,32H,4-19H2,1-3H3/b24-23-/t21-,22?,30?,31?/m0/s1. The van der Waals surface area contributed by atoms with Gasteiger partial charge in [-0.05, 0) is 74.9 Å². The molecule has 3 aliphatic heterocycles. The number of rotatable bonds is 8. The first-order chi connectivity index (χ1) is 20.6. The lowest BCUT2D eigenvalue weighted by molar-refractivity contribution is -0.151. The molecule has 6 fully saturated rings. The Morgan fingerprint density at radius 3 is 2.23 bits per heavy atom. The molecule has 0 aromatic rings. The number of carbonyl (C=O) groups is 5. The molecule has 0 unspecified atom stereocenters. The number of hydrogen-bond acceptors (Lipinski definition) is 8. The summed E-state index contributed by atoms with van der Waals surface area (Å²) < 4.78 is 5.54. The van der Waals surface area contributed by atoms with Gasteiger partial charge in [-0.25, -0.2) is 9.59 Å². The quantitative estimate of drug-likeness (QED) is 0.250. The van der Waals surface area contributed by atoms with Crippen molar-refractivity contribution < 1.29 is 28.7 Å². The number of likely N-dealkylation sites (N-methyl/N-ethyl adjacent to an activating group) is 1. The zero-order valence-corrected chi connectivity index (χ0v) is 26.5. The van der Waals surface area contributed by atoms with Gasteiger partial charge in [0.05, 0.1) is 11.6 Å². The number of barbiturate groups is 1. The van der Waals surface area contributed by atoms with Crippen molar-refractivity contribution in [3.05, 3.63) is 10.6 Å². The van der Waals surface area contributed by atoms with Crippen LogP contribution in [-0.2, 0) is 19.1 Å². The summed E-state index contributed by atoms with van der Waals surface area (Å²) in [5.74, 6) is 0.0927. The van der Waals surface area contributed by atoms with E-state index in [4.69, 9.17) is 4.74 Å². The third kappa shape index (κ3) is 5.06. The van der Waals surface area contributed by atoms with Crippen molar-refractivity contribution >= 4 is 41.5 Å². The number of thioether (sulfide) groups is 1. The van der Waals surface area contributed by atoms with E-state index in [1.807, 2.05) is 6.92 Å². The highest BCUT2D eigenvalue weighted by molar-refractivity contribution is 8.03. The first kappa shape index (κ1) is 30.4. The zero-order valence-electron chi connectivity index (χ0n) is 25.7. The van der Waals surface area contributed by atoms with Crippen molar-refractivity contribution in [2.75, 3.05) is 46.2 Å². The molecule has 3 saturated carbocycles. The second kappa shape index (κ2) is 11.7. The third-order valence-electron chi connectivity index (χ3n) is 10.9. The lowest BCUT2D eigenvalue weighted by Crippen LogP contribution is -2.66. The smallest absolute Gasteiger partial charge is 0.334 e. The highest BCUT2D eigenvalue weighted by atomic mass is 32.2. The topological polar surface area (TPSA) is 120 Å². The Morgan fingerprint density at radius 2 is 1.63 bits per heavy atom. The maximum atomic E-state index is 13.9. The fraction of sp³-hybridized carbons (Fsp3) is 0.774. The average molecular weight is 616 g/mol. The van der Waals surface area contributed by atoms with Crippen molar-refractivity contribution in [3.63, 3.8) is 0 Å². The van der Waals surface area contributed by atoms with Crippen LogP contribution in [0.2, 0.25) is 0 Å². The van der Waals surface area contributed by atoms with Gasteiger partial charge in [-0.2, -0.15) is 0 Å². The van der Waals surface area contributed by atoms with Crippen LogP contribution in [-0.4, -0.2) is 107 Å². The number of carbonyl (C=O) groups excluding carboxylic acids is 5. The van der Waals surface area contributed by atoms with E-state index in [9.17, 15) is 24.0 Å². The molecule has 43 heavy (non-hydrogen) atoms. The lowest BCUT2D eigenvalue weighted by Gasteiger charge is -2.59. The molecule has 1 atom stereocenters. The van der Waals surface area contributed by atoms with Crippen molar-refractivity contribution in [1.82, 2.24) is 24.9 Å². The van der Waals surface area contributed by atoms with E-state index in [0.717, 1.165) is 44.9 Å². The third-order valence-corrected chi connectivity index (χ3v) is 11.9. The minimum atomic E-state index is -0.794. The van der Waals surface area contributed by atoms with Crippen LogP contribution in [0.15, 0.2) is 10.6 Å². The molecule has 1 N–H and O–H groups in total. The van der Waals surface area contributed by atoms with Gasteiger partial charge >= 0.3 is 12.1 Å². The van der Waals surface area contributed by atoms with Gasteiger partial charge < -0.3 is 15.0 Å². The zero-order chi connectivity index (χ0) is 30.5. The summed E-state index contributed by atoms with van der Waals surface area (Å²) in [7, 11) is 3.28. The van der Waals surface area contributed by atoms with Crippen molar-refractivity contribution in [2.45, 2.75) is 89.1 Å². The summed E-state index contributed by atoms with van der Waals surface area (Å²) in [5, 5.41) is 3.56. The minimum Gasteiger partial charge on any atom is -0.382 e. The van der Waals surface area contributed by atoms with Gasteiger partial charge in [-0.1, -0.05) is 19.8 Å². The van der Waals surface area contributed by atoms with Crippen molar-refractivity contribution in [2.24, 2.45) is 17.3 Å². The van der Waals surface area contributed by atoms with E-state index in [1.165, 1.54) is 26.5 Å². The van der Waals surface area contributed by atoms with Gasteiger partial charge in [0.25, 0.3) is 17.7 Å². The van der Waals surface area contributed by atoms with Crippen LogP contribution in [0.5, 0.6) is 0 Å². The second-order valence-electron chi connectivity index (χ2n) is 13.5. The Hall–Kier alpha value is -2.60. The van der Waals surface area contributed by atoms with Gasteiger partial charge in [0, 0.05) is 45.8 Å². The summed E-state index contributed by atoms with van der Waals surface area (Å²) in [6.45, 7) is 4.16.